The van der Waals surface area contributed by atoms with Crippen LogP contribution < -0.4 is 10.1 Å². The molecule has 1 aliphatic rings. The number of carboxylic acid groups (broad SMARTS) is 1. The molecule has 0 unspecified atom stereocenters. The fourth-order valence-corrected chi connectivity index (χ4v) is 3.14. The van der Waals surface area contributed by atoms with E-state index in [1.807, 2.05) is 6.92 Å². The van der Waals surface area contributed by atoms with Crippen LogP contribution in [0.5, 0.6) is 5.75 Å². The topological polar surface area (TPSA) is 84.9 Å². The summed E-state index contributed by atoms with van der Waals surface area (Å²) in [5.74, 6) is -2.86. The number of rotatable bonds is 6. The second-order valence-corrected chi connectivity index (χ2v) is 6.36. The fourth-order valence-electron chi connectivity index (χ4n) is 3.14. The monoisotopic (exact) mass is 339 g/mol. The molecule has 0 bridgehead atoms. The maximum Gasteiger partial charge on any atom is 0.330 e. The Morgan fingerprint density at radius 1 is 1.42 bits per heavy atom. The average Bonchev–Trinajstić information content (AvgIpc) is 2.53. The molecule has 0 saturated heterocycles. The number of ether oxygens (including phenoxy) is 2. The molecule has 7 heteroatoms. The zero-order valence-corrected chi connectivity index (χ0v) is 14.2. The van der Waals surface area contributed by atoms with Gasteiger partial charge in [0.15, 0.2) is 11.6 Å². The highest BCUT2D eigenvalue weighted by Gasteiger charge is 2.66. The van der Waals surface area contributed by atoms with Gasteiger partial charge < -0.3 is 19.9 Å². The molecule has 0 heterocycles. The Bertz CT molecular complexity index is 660. The molecule has 0 aliphatic heterocycles. The van der Waals surface area contributed by atoms with E-state index in [1.165, 1.54) is 25.3 Å². The van der Waals surface area contributed by atoms with Gasteiger partial charge in [0, 0.05) is 18.4 Å². The largest absolute Gasteiger partial charge is 0.494 e. The number of carboxylic acids is 1. The van der Waals surface area contributed by atoms with Crippen molar-refractivity contribution < 1.29 is 28.6 Å². The van der Waals surface area contributed by atoms with Crippen molar-refractivity contribution in [2.75, 3.05) is 13.7 Å². The number of methoxy groups -OCH3 is 1. The van der Waals surface area contributed by atoms with Crippen LogP contribution in [0.1, 0.15) is 37.6 Å². The number of amides is 1. The van der Waals surface area contributed by atoms with Crippen LogP contribution >= 0.6 is 0 Å². The molecule has 2 atom stereocenters. The van der Waals surface area contributed by atoms with Crippen LogP contribution in [0.3, 0.4) is 0 Å². The summed E-state index contributed by atoms with van der Waals surface area (Å²) in [6, 6.07) is 4.14. The Morgan fingerprint density at radius 2 is 2.08 bits per heavy atom. The van der Waals surface area contributed by atoms with Crippen molar-refractivity contribution in [1.82, 2.24) is 5.32 Å². The predicted molar refractivity (Wildman–Crippen MR) is 84.6 cm³/mol. The molecule has 1 aliphatic carbocycles. The number of hydrogen-bond acceptors (Lipinski definition) is 4. The van der Waals surface area contributed by atoms with Gasteiger partial charge in [-0.2, -0.15) is 0 Å². The zero-order valence-electron chi connectivity index (χ0n) is 14.2. The molecule has 0 aromatic heterocycles. The summed E-state index contributed by atoms with van der Waals surface area (Å²) in [6.45, 7) is 5.70. The molecule has 6 nitrogen and oxygen atoms in total. The maximum atomic E-state index is 14.3. The van der Waals surface area contributed by atoms with Gasteiger partial charge in [-0.3, -0.25) is 4.79 Å². The Labute approximate surface area is 139 Å². The number of nitrogens with one attached hydrogen (secondary N) is 1. The SMILES string of the molecule is CCO[C@@H]1C[C@](NC(=O)c2cccc(OC)c2F)(C(=O)O)C1(C)C. The van der Waals surface area contributed by atoms with Crippen molar-refractivity contribution in [3.63, 3.8) is 0 Å². The molecule has 1 aromatic rings. The van der Waals surface area contributed by atoms with E-state index < -0.39 is 28.6 Å². The quantitative estimate of drug-likeness (QED) is 0.830. The minimum absolute atomic E-state index is 0.0768. The van der Waals surface area contributed by atoms with Crippen LogP contribution in [0.2, 0.25) is 0 Å². The molecule has 0 radical (unpaired) electrons. The van der Waals surface area contributed by atoms with Crippen molar-refractivity contribution in [1.29, 1.82) is 0 Å². The fraction of sp³-hybridized carbons (Fsp3) is 0.529. The lowest BCUT2D eigenvalue weighted by Gasteiger charge is -2.58. The molecule has 1 aromatic carbocycles. The van der Waals surface area contributed by atoms with Gasteiger partial charge in [-0.05, 0) is 19.1 Å². The summed E-state index contributed by atoms with van der Waals surface area (Å²) in [7, 11) is 1.29. The van der Waals surface area contributed by atoms with Gasteiger partial charge in [0.25, 0.3) is 5.91 Å². The van der Waals surface area contributed by atoms with Crippen LogP contribution in [0, 0.1) is 11.2 Å². The minimum Gasteiger partial charge on any atom is -0.494 e. The summed E-state index contributed by atoms with van der Waals surface area (Å²) >= 11 is 0. The van der Waals surface area contributed by atoms with Gasteiger partial charge in [-0.15, -0.1) is 0 Å². The Hall–Kier alpha value is -2.15. The number of aliphatic carboxylic acids is 1. The van der Waals surface area contributed by atoms with Crippen molar-refractivity contribution in [3.8, 4) is 5.75 Å². The maximum absolute atomic E-state index is 14.3. The van der Waals surface area contributed by atoms with Crippen molar-refractivity contribution in [2.45, 2.75) is 38.8 Å². The van der Waals surface area contributed by atoms with Crippen LogP contribution in [0.4, 0.5) is 4.39 Å². The second kappa shape index (κ2) is 6.39. The molecule has 132 valence electrons. The predicted octanol–water partition coefficient (Wildman–Crippen LogP) is 2.22. The molecule has 2 rings (SSSR count). The number of benzene rings is 1. The van der Waals surface area contributed by atoms with Crippen molar-refractivity contribution >= 4 is 11.9 Å². The van der Waals surface area contributed by atoms with Crippen LogP contribution in [-0.2, 0) is 9.53 Å². The highest BCUT2D eigenvalue weighted by Crippen LogP contribution is 2.51. The van der Waals surface area contributed by atoms with Gasteiger partial charge in [-0.25, -0.2) is 9.18 Å². The highest BCUT2D eigenvalue weighted by molar-refractivity contribution is 5.99. The lowest BCUT2D eigenvalue weighted by atomic mass is 9.54. The summed E-state index contributed by atoms with van der Waals surface area (Å²) in [4.78, 5) is 24.3. The third kappa shape index (κ3) is 2.62. The van der Waals surface area contributed by atoms with Gasteiger partial charge in [-0.1, -0.05) is 19.9 Å². The number of carbonyl (C=O) groups excluding carboxylic acids is 1. The van der Waals surface area contributed by atoms with E-state index in [0.717, 1.165) is 0 Å². The van der Waals surface area contributed by atoms with Crippen LogP contribution in [0.25, 0.3) is 0 Å². The molecule has 2 N–H and O–H groups in total. The third-order valence-corrected chi connectivity index (χ3v) is 4.88. The first-order valence-corrected chi connectivity index (χ1v) is 7.71. The first kappa shape index (κ1) is 18.2. The van der Waals surface area contributed by atoms with E-state index in [-0.39, 0.29) is 23.8 Å². The first-order valence-electron chi connectivity index (χ1n) is 7.71. The second-order valence-electron chi connectivity index (χ2n) is 6.36. The van der Waals surface area contributed by atoms with E-state index in [4.69, 9.17) is 9.47 Å². The zero-order chi connectivity index (χ0) is 18.1. The van der Waals surface area contributed by atoms with E-state index in [0.29, 0.717) is 6.61 Å². The lowest BCUT2D eigenvalue weighted by Crippen LogP contribution is -2.76. The van der Waals surface area contributed by atoms with E-state index in [1.54, 1.807) is 13.8 Å². The smallest absolute Gasteiger partial charge is 0.330 e. The highest BCUT2D eigenvalue weighted by atomic mass is 19.1. The summed E-state index contributed by atoms with van der Waals surface area (Å²) in [5, 5.41) is 12.2. The van der Waals surface area contributed by atoms with Gasteiger partial charge in [0.2, 0.25) is 0 Å². The van der Waals surface area contributed by atoms with Crippen molar-refractivity contribution in [2.24, 2.45) is 5.41 Å². The number of halogens is 1. The molecular formula is C17H22FNO5. The normalized spacial score (nSPS) is 24.8. The number of hydrogen-bond donors (Lipinski definition) is 2. The van der Waals surface area contributed by atoms with E-state index in [2.05, 4.69) is 5.32 Å². The van der Waals surface area contributed by atoms with E-state index in [9.17, 15) is 19.1 Å². The summed E-state index contributed by atoms with van der Waals surface area (Å²) in [6.07, 6.45) is -0.172. The Morgan fingerprint density at radius 3 is 2.58 bits per heavy atom. The average molecular weight is 339 g/mol. The lowest BCUT2D eigenvalue weighted by molar-refractivity contribution is -0.190. The molecular weight excluding hydrogens is 317 g/mol. The Kier molecular flexibility index (Phi) is 4.85. The Balaban J connectivity index is 2.31. The first-order chi connectivity index (χ1) is 11.2. The minimum atomic E-state index is -1.51. The van der Waals surface area contributed by atoms with Gasteiger partial charge in [0.05, 0.1) is 18.8 Å². The van der Waals surface area contributed by atoms with Crippen LogP contribution in [-0.4, -0.2) is 42.3 Å². The van der Waals surface area contributed by atoms with E-state index >= 15 is 0 Å². The van der Waals surface area contributed by atoms with Crippen molar-refractivity contribution in [3.05, 3.63) is 29.6 Å². The van der Waals surface area contributed by atoms with Crippen LogP contribution in [0.15, 0.2) is 18.2 Å². The molecule has 1 amide bonds. The van der Waals surface area contributed by atoms with Gasteiger partial charge in [0.1, 0.15) is 5.54 Å². The van der Waals surface area contributed by atoms with Gasteiger partial charge >= 0.3 is 5.97 Å². The number of carbonyl (C=O) groups is 2. The molecule has 0 spiro atoms. The standard InChI is InChI=1S/C17H22FNO5/c1-5-24-12-9-17(15(21)22,16(12,2)3)19-14(20)10-7-6-8-11(23-4)13(10)18/h6-8,12H,5,9H2,1-4H3,(H,19,20)(H,21,22)/t12-,17+/m1/s1. The molecule has 1 fully saturated rings. The third-order valence-electron chi connectivity index (χ3n) is 4.88. The molecule has 1 saturated carbocycles. The summed E-state index contributed by atoms with van der Waals surface area (Å²) in [5.41, 5.74) is -2.61. The molecule has 24 heavy (non-hydrogen) atoms. The summed E-state index contributed by atoms with van der Waals surface area (Å²) < 4.78 is 24.6.